The van der Waals surface area contributed by atoms with Crippen molar-refractivity contribution in [1.29, 1.82) is 0 Å². The monoisotopic (exact) mass is 420 g/mol. The summed E-state index contributed by atoms with van der Waals surface area (Å²) in [6, 6.07) is 16.4. The third-order valence-electron chi connectivity index (χ3n) is 6.40. The minimum Gasteiger partial charge on any atom is -0.352 e. The second-order valence-electron chi connectivity index (χ2n) is 8.84. The summed E-state index contributed by atoms with van der Waals surface area (Å²) in [5.74, 6) is -0.0196. The third kappa shape index (κ3) is 6.68. The summed E-state index contributed by atoms with van der Waals surface area (Å²) < 4.78 is 0. The van der Waals surface area contributed by atoms with E-state index in [1.165, 1.54) is 24.0 Å². The summed E-state index contributed by atoms with van der Waals surface area (Å²) in [5.41, 5.74) is 4.69. The van der Waals surface area contributed by atoms with Crippen LogP contribution in [0.25, 0.3) is 0 Å². The molecule has 0 spiro atoms. The molecule has 4 heteroatoms. The Balaban J connectivity index is 1.68. The van der Waals surface area contributed by atoms with Crippen molar-refractivity contribution in [2.24, 2.45) is 0 Å². The van der Waals surface area contributed by atoms with Gasteiger partial charge >= 0.3 is 0 Å². The Labute approximate surface area is 187 Å². The molecule has 166 valence electrons. The second-order valence-corrected chi connectivity index (χ2v) is 8.84. The molecule has 2 aromatic rings. The van der Waals surface area contributed by atoms with E-state index in [0.29, 0.717) is 19.4 Å². The van der Waals surface area contributed by atoms with Gasteiger partial charge in [0, 0.05) is 19.0 Å². The molecule has 1 N–H and O–H groups in total. The summed E-state index contributed by atoms with van der Waals surface area (Å²) in [6.07, 6.45) is 6.51. The molecule has 1 fully saturated rings. The number of amides is 2. The smallest absolute Gasteiger partial charge is 0.242 e. The summed E-state index contributed by atoms with van der Waals surface area (Å²) >= 11 is 0. The maximum absolute atomic E-state index is 13.2. The van der Waals surface area contributed by atoms with Crippen LogP contribution in [-0.4, -0.2) is 28.8 Å². The van der Waals surface area contributed by atoms with Gasteiger partial charge < -0.3 is 10.2 Å². The first kappa shape index (κ1) is 23.1. The highest BCUT2D eigenvalue weighted by Crippen LogP contribution is 2.19. The number of hydrogen-bond acceptors (Lipinski definition) is 2. The molecule has 0 radical (unpaired) electrons. The average Bonchev–Trinajstić information content (AvgIpc) is 3.30. The lowest BCUT2D eigenvalue weighted by Crippen LogP contribution is -2.49. The molecule has 0 bridgehead atoms. The number of rotatable bonds is 9. The summed E-state index contributed by atoms with van der Waals surface area (Å²) in [5, 5.41) is 3.16. The van der Waals surface area contributed by atoms with Crippen LogP contribution in [0.5, 0.6) is 0 Å². The van der Waals surface area contributed by atoms with Crippen LogP contribution in [0.1, 0.15) is 68.2 Å². The maximum atomic E-state index is 13.2. The number of carbonyl (C=O) groups excluding carboxylic acids is 2. The molecule has 4 nitrogen and oxygen atoms in total. The van der Waals surface area contributed by atoms with Crippen molar-refractivity contribution in [2.75, 3.05) is 0 Å². The minimum atomic E-state index is -0.489. The van der Waals surface area contributed by atoms with E-state index < -0.39 is 6.04 Å². The highest BCUT2D eigenvalue weighted by molar-refractivity contribution is 5.87. The van der Waals surface area contributed by atoms with Crippen molar-refractivity contribution in [3.8, 4) is 0 Å². The predicted molar refractivity (Wildman–Crippen MR) is 126 cm³/mol. The van der Waals surface area contributed by atoms with E-state index in [1.807, 2.05) is 26.0 Å². The van der Waals surface area contributed by atoms with Gasteiger partial charge in [0.15, 0.2) is 0 Å². The zero-order chi connectivity index (χ0) is 22.2. The summed E-state index contributed by atoms with van der Waals surface area (Å²) in [7, 11) is 0. The minimum absolute atomic E-state index is 0.0224. The first-order valence-corrected chi connectivity index (χ1v) is 11.7. The second kappa shape index (κ2) is 11.1. The highest BCUT2D eigenvalue weighted by Gasteiger charge is 2.28. The van der Waals surface area contributed by atoms with E-state index >= 15 is 0 Å². The summed E-state index contributed by atoms with van der Waals surface area (Å²) in [4.78, 5) is 27.9. The molecule has 2 aromatic carbocycles. The van der Waals surface area contributed by atoms with Gasteiger partial charge in [-0.1, -0.05) is 73.9 Å². The van der Waals surface area contributed by atoms with Gasteiger partial charge in [0.2, 0.25) is 11.8 Å². The van der Waals surface area contributed by atoms with Crippen molar-refractivity contribution >= 4 is 11.8 Å². The number of benzene rings is 2. The van der Waals surface area contributed by atoms with Crippen molar-refractivity contribution < 1.29 is 9.59 Å². The van der Waals surface area contributed by atoms with Crippen LogP contribution < -0.4 is 5.32 Å². The molecule has 1 saturated carbocycles. The van der Waals surface area contributed by atoms with Gasteiger partial charge in [0.25, 0.3) is 0 Å². The van der Waals surface area contributed by atoms with Crippen molar-refractivity contribution in [3.05, 3.63) is 70.8 Å². The Kier molecular flexibility index (Phi) is 8.27. The molecular weight excluding hydrogens is 384 g/mol. The molecule has 0 aromatic heterocycles. The van der Waals surface area contributed by atoms with E-state index in [1.54, 1.807) is 4.90 Å². The first-order chi connectivity index (χ1) is 15.0. The molecule has 31 heavy (non-hydrogen) atoms. The number of carbonyl (C=O) groups is 2. The van der Waals surface area contributed by atoms with Gasteiger partial charge in [-0.15, -0.1) is 0 Å². The van der Waals surface area contributed by atoms with E-state index in [9.17, 15) is 9.59 Å². The van der Waals surface area contributed by atoms with E-state index in [-0.39, 0.29) is 17.9 Å². The SMILES string of the molecule is CCc1ccc(CCC(=O)N(Cc2ccc(C)cc2)C(C)C(=O)NC2CCCC2)cc1. The van der Waals surface area contributed by atoms with E-state index in [4.69, 9.17) is 0 Å². The van der Waals surface area contributed by atoms with E-state index in [2.05, 4.69) is 48.6 Å². The lowest BCUT2D eigenvalue weighted by atomic mass is 10.0. The molecule has 0 aliphatic heterocycles. The molecule has 1 atom stereocenters. The predicted octanol–water partition coefficient (Wildman–Crippen LogP) is 4.97. The fourth-order valence-corrected chi connectivity index (χ4v) is 4.20. The van der Waals surface area contributed by atoms with Crippen LogP contribution in [0.4, 0.5) is 0 Å². The van der Waals surface area contributed by atoms with Crippen LogP contribution in [0, 0.1) is 6.92 Å². The van der Waals surface area contributed by atoms with Gasteiger partial charge in [-0.25, -0.2) is 0 Å². The van der Waals surface area contributed by atoms with E-state index in [0.717, 1.165) is 30.4 Å². The van der Waals surface area contributed by atoms with Crippen LogP contribution in [0.3, 0.4) is 0 Å². The van der Waals surface area contributed by atoms with Gasteiger partial charge in [0.1, 0.15) is 6.04 Å². The number of nitrogens with zero attached hydrogens (tertiary/aromatic N) is 1. The molecule has 2 amide bonds. The van der Waals surface area contributed by atoms with Crippen molar-refractivity contribution in [1.82, 2.24) is 10.2 Å². The standard InChI is InChI=1S/C27H36N2O2/c1-4-22-13-15-23(16-14-22)17-18-26(30)29(19-24-11-9-20(2)10-12-24)21(3)27(31)28-25-7-5-6-8-25/h9-16,21,25H,4-8,17-19H2,1-3H3,(H,28,31). The Morgan fingerprint density at radius 2 is 1.55 bits per heavy atom. The largest absolute Gasteiger partial charge is 0.352 e. The van der Waals surface area contributed by atoms with Gasteiger partial charge in [-0.05, 0) is 56.2 Å². The normalized spacial score (nSPS) is 14.9. The molecule has 1 aliphatic carbocycles. The van der Waals surface area contributed by atoms with Crippen LogP contribution in [-0.2, 0) is 29.0 Å². The van der Waals surface area contributed by atoms with Crippen LogP contribution in [0.15, 0.2) is 48.5 Å². The summed E-state index contributed by atoms with van der Waals surface area (Å²) in [6.45, 7) is 6.49. The molecule has 1 unspecified atom stereocenters. The molecule has 3 rings (SSSR count). The Hall–Kier alpha value is -2.62. The lowest BCUT2D eigenvalue weighted by Gasteiger charge is -2.30. The fraction of sp³-hybridized carbons (Fsp3) is 0.481. The number of hydrogen-bond donors (Lipinski definition) is 1. The van der Waals surface area contributed by atoms with Crippen LogP contribution >= 0.6 is 0 Å². The topological polar surface area (TPSA) is 49.4 Å². The van der Waals surface area contributed by atoms with Gasteiger partial charge in [0.05, 0.1) is 0 Å². The Morgan fingerprint density at radius 1 is 0.968 bits per heavy atom. The highest BCUT2D eigenvalue weighted by atomic mass is 16.2. The first-order valence-electron chi connectivity index (χ1n) is 11.7. The molecule has 0 heterocycles. The quantitative estimate of drug-likeness (QED) is 0.623. The Bertz CT molecular complexity index is 852. The van der Waals surface area contributed by atoms with Gasteiger partial charge in [-0.3, -0.25) is 9.59 Å². The Morgan fingerprint density at radius 3 is 2.16 bits per heavy atom. The van der Waals surface area contributed by atoms with Crippen LogP contribution in [0.2, 0.25) is 0 Å². The third-order valence-corrected chi connectivity index (χ3v) is 6.40. The molecule has 0 saturated heterocycles. The average molecular weight is 421 g/mol. The lowest BCUT2D eigenvalue weighted by molar-refractivity contribution is -0.140. The number of aryl methyl sites for hydroxylation is 3. The zero-order valence-electron chi connectivity index (χ0n) is 19.2. The zero-order valence-corrected chi connectivity index (χ0v) is 19.2. The van der Waals surface area contributed by atoms with Gasteiger partial charge in [-0.2, -0.15) is 0 Å². The van der Waals surface area contributed by atoms with Crippen molar-refractivity contribution in [3.63, 3.8) is 0 Å². The molecule has 1 aliphatic rings. The maximum Gasteiger partial charge on any atom is 0.242 e. The fourth-order valence-electron chi connectivity index (χ4n) is 4.20. The number of nitrogens with one attached hydrogen (secondary N) is 1. The van der Waals surface area contributed by atoms with Crippen molar-refractivity contribution in [2.45, 2.75) is 84.3 Å². The molecular formula is C27H36N2O2.